The van der Waals surface area contributed by atoms with E-state index in [1.54, 1.807) is 19.5 Å². The van der Waals surface area contributed by atoms with E-state index >= 15 is 0 Å². The molecule has 8 heterocycles. The minimum Gasteiger partial charge on any atom is -0.496 e. The third-order valence-electron chi connectivity index (χ3n) is 8.38. The number of morpholine rings is 1. The van der Waals surface area contributed by atoms with E-state index in [-0.39, 0.29) is 6.10 Å². The zero-order valence-electron chi connectivity index (χ0n) is 22.2. The molecule has 0 amide bonds. The molecule has 0 aromatic carbocycles. The van der Waals surface area contributed by atoms with Gasteiger partial charge in [-0.3, -0.25) is 9.97 Å². The molecule has 0 spiro atoms. The van der Waals surface area contributed by atoms with Crippen LogP contribution in [0.15, 0.2) is 36.8 Å². The van der Waals surface area contributed by atoms with Crippen LogP contribution in [0, 0.1) is 6.92 Å². The van der Waals surface area contributed by atoms with Crippen molar-refractivity contribution in [1.29, 1.82) is 0 Å². The van der Waals surface area contributed by atoms with Crippen molar-refractivity contribution < 1.29 is 9.47 Å². The minimum atomic E-state index is 0.255. The van der Waals surface area contributed by atoms with Crippen LogP contribution in [0.1, 0.15) is 18.5 Å². The lowest BCUT2D eigenvalue weighted by Gasteiger charge is -2.31. The van der Waals surface area contributed by atoms with Crippen LogP contribution in [0.4, 0.5) is 11.8 Å². The van der Waals surface area contributed by atoms with Gasteiger partial charge < -0.3 is 23.8 Å². The summed E-state index contributed by atoms with van der Waals surface area (Å²) >= 11 is 0. The molecule has 2 atom stereocenters. The Morgan fingerprint density at radius 2 is 1.97 bits per heavy atom. The normalized spacial score (nSPS) is 20.4. The van der Waals surface area contributed by atoms with Crippen LogP contribution in [0.5, 0.6) is 5.75 Å². The molecule has 11 heteroatoms. The number of aryl methyl sites for hydroxylation is 2. The molecule has 3 aliphatic heterocycles. The Morgan fingerprint density at radius 3 is 2.72 bits per heavy atom. The number of hydrogen-bond donors (Lipinski definition) is 0. The average Bonchev–Trinajstić information content (AvgIpc) is 3.72. The number of fused-ring (bicyclic) bond motifs is 4. The first kappa shape index (κ1) is 22.7. The summed E-state index contributed by atoms with van der Waals surface area (Å²) in [5.41, 5.74) is 5.41. The van der Waals surface area contributed by atoms with Crippen molar-refractivity contribution in [3.8, 4) is 22.8 Å². The highest BCUT2D eigenvalue weighted by Crippen LogP contribution is 2.38. The second-order valence-corrected chi connectivity index (χ2v) is 10.6. The Hall–Kier alpha value is -4.25. The third-order valence-corrected chi connectivity index (χ3v) is 8.38. The summed E-state index contributed by atoms with van der Waals surface area (Å²) in [4.78, 5) is 24.2. The number of aromatic nitrogens is 7. The molecular formula is C28H29N9O2. The molecule has 0 unspecified atom stereocenters. The highest BCUT2D eigenvalue weighted by atomic mass is 16.5. The molecule has 198 valence electrons. The van der Waals surface area contributed by atoms with Crippen molar-refractivity contribution in [3.05, 3.63) is 42.5 Å². The quantitative estimate of drug-likeness (QED) is 0.344. The predicted octanol–water partition coefficient (Wildman–Crippen LogP) is 3.27. The summed E-state index contributed by atoms with van der Waals surface area (Å²) in [6, 6.07) is 6.31. The monoisotopic (exact) mass is 523 g/mol. The van der Waals surface area contributed by atoms with E-state index < -0.39 is 0 Å². The second-order valence-electron chi connectivity index (χ2n) is 10.6. The van der Waals surface area contributed by atoms with E-state index in [1.165, 1.54) is 6.42 Å². The zero-order valence-corrected chi connectivity index (χ0v) is 22.2. The molecule has 3 fully saturated rings. The molecule has 3 saturated heterocycles. The Labute approximate surface area is 225 Å². The molecular weight excluding hydrogens is 494 g/mol. The van der Waals surface area contributed by atoms with E-state index in [9.17, 15) is 0 Å². The predicted molar refractivity (Wildman–Crippen MR) is 148 cm³/mol. The molecule has 39 heavy (non-hydrogen) atoms. The molecule has 2 bridgehead atoms. The second kappa shape index (κ2) is 8.37. The number of imidazole rings is 1. The maximum Gasteiger partial charge on any atom is 0.206 e. The summed E-state index contributed by atoms with van der Waals surface area (Å²) < 4.78 is 15.6. The summed E-state index contributed by atoms with van der Waals surface area (Å²) in [7, 11) is 3.76. The van der Waals surface area contributed by atoms with E-state index in [0.717, 1.165) is 94.9 Å². The number of hydrogen-bond acceptors (Lipinski definition) is 9. The molecule has 8 rings (SSSR count). The van der Waals surface area contributed by atoms with Crippen molar-refractivity contribution in [3.63, 3.8) is 0 Å². The number of anilines is 2. The van der Waals surface area contributed by atoms with Gasteiger partial charge in [0.05, 0.1) is 54.4 Å². The fraction of sp³-hybridized carbons (Fsp3) is 0.393. The van der Waals surface area contributed by atoms with E-state index in [4.69, 9.17) is 29.5 Å². The van der Waals surface area contributed by atoms with Crippen LogP contribution < -0.4 is 14.5 Å². The Kier molecular flexibility index (Phi) is 4.88. The molecule has 5 aromatic rings. The zero-order chi connectivity index (χ0) is 26.2. The molecule has 0 radical (unpaired) electrons. The fourth-order valence-corrected chi connectivity index (χ4v) is 6.16. The van der Waals surface area contributed by atoms with Gasteiger partial charge in [-0.25, -0.2) is 14.6 Å². The molecule has 0 saturated carbocycles. The van der Waals surface area contributed by atoms with Crippen molar-refractivity contribution in [2.24, 2.45) is 7.05 Å². The smallest absolute Gasteiger partial charge is 0.206 e. The van der Waals surface area contributed by atoms with Gasteiger partial charge in [-0.05, 0) is 31.9 Å². The Balaban J connectivity index is 1.34. The maximum absolute atomic E-state index is 5.91. The lowest BCUT2D eigenvalue weighted by atomic mass is 10.1. The molecule has 0 N–H and O–H groups in total. The highest BCUT2D eigenvalue weighted by Gasteiger charge is 2.41. The molecule has 0 aliphatic carbocycles. The Bertz CT molecular complexity index is 1760. The standard InChI is InChI=1S/C28H29N9O2/c1-16-19-13-30-37(22(19)10-21(31-16)20-12-29-6-5-24(20)38-3)25-11-23-26(33-28(34(23)2)35-7-4-8-35)27(32-25)36-14-18-9-17(36)15-39-18/h5-6,10-13,17-18H,4,7-9,14-15H2,1-3H3/t17-,18-/m1/s1. The third kappa shape index (κ3) is 3.35. The van der Waals surface area contributed by atoms with E-state index in [1.807, 2.05) is 29.9 Å². The van der Waals surface area contributed by atoms with Crippen LogP contribution in [0.25, 0.3) is 39.0 Å². The number of rotatable bonds is 5. The van der Waals surface area contributed by atoms with Gasteiger partial charge >= 0.3 is 0 Å². The van der Waals surface area contributed by atoms with E-state index in [2.05, 4.69) is 32.5 Å². The van der Waals surface area contributed by atoms with Crippen LogP contribution in [0.3, 0.4) is 0 Å². The Morgan fingerprint density at radius 1 is 1.08 bits per heavy atom. The van der Waals surface area contributed by atoms with Gasteiger partial charge in [0.25, 0.3) is 0 Å². The van der Waals surface area contributed by atoms with Gasteiger partial charge in [0.15, 0.2) is 11.6 Å². The first-order valence-corrected chi connectivity index (χ1v) is 13.4. The van der Waals surface area contributed by atoms with Gasteiger partial charge in [0, 0.05) is 56.2 Å². The largest absolute Gasteiger partial charge is 0.496 e. The van der Waals surface area contributed by atoms with Gasteiger partial charge in [0.2, 0.25) is 5.95 Å². The summed E-state index contributed by atoms with van der Waals surface area (Å²) in [6.45, 7) is 5.64. The van der Waals surface area contributed by atoms with Crippen molar-refractivity contribution in [2.75, 3.05) is 43.2 Å². The van der Waals surface area contributed by atoms with Crippen molar-refractivity contribution in [1.82, 2.24) is 34.3 Å². The lowest BCUT2D eigenvalue weighted by molar-refractivity contribution is 0.0990. The van der Waals surface area contributed by atoms with Gasteiger partial charge in [0.1, 0.15) is 11.3 Å². The molecule has 11 nitrogen and oxygen atoms in total. The summed E-state index contributed by atoms with van der Waals surface area (Å²) in [6.07, 6.45) is 7.86. The van der Waals surface area contributed by atoms with Gasteiger partial charge in [-0.1, -0.05) is 0 Å². The van der Waals surface area contributed by atoms with E-state index in [0.29, 0.717) is 6.04 Å². The van der Waals surface area contributed by atoms with Crippen LogP contribution >= 0.6 is 0 Å². The lowest BCUT2D eigenvalue weighted by Crippen LogP contribution is -2.38. The molecule has 5 aromatic heterocycles. The van der Waals surface area contributed by atoms with Crippen LogP contribution in [-0.4, -0.2) is 79.8 Å². The van der Waals surface area contributed by atoms with Crippen molar-refractivity contribution >= 4 is 33.7 Å². The van der Waals surface area contributed by atoms with Gasteiger partial charge in [-0.15, -0.1) is 0 Å². The average molecular weight is 524 g/mol. The van der Waals surface area contributed by atoms with Crippen LogP contribution in [0.2, 0.25) is 0 Å². The van der Waals surface area contributed by atoms with Crippen LogP contribution in [-0.2, 0) is 11.8 Å². The maximum atomic E-state index is 5.91. The minimum absolute atomic E-state index is 0.255. The summed E-state index contributed by atoms with van der Waals surface area (Å²) in [5.74, 6) is 3.38. The molecule has 3 aliphatic rings. The topological polar surface area (TPSA) is 99.3 Å². The highest BCUT2D eigenvalue weighted by molar-refractivity contribution is 5.92. The summed E-state index contributed by atoms with van der Waals surface area (Å²) in [5, 5.41) is 5.79. The first-order chi connectivity index (χ1) is 19.1. The number of pyridine rings is 3. The van der Waals surface area contributed by atoms with Gasteiger partial charge in [-0.2, -0.15) is 5.10 Å². The number of ether oxygens (including phenoxy) is 2. The van der Waals surface area contributed by atoms with Crippen molar-refractivity contribution in [2.45, 2.75) is 31.9 Å². The first-order valence-electron chi connectivity index (χ1n) is 13.4. The number of methoxy groups -OCH3 is 1. The SMILES string of the molecule is COc1ccncc1-c1cc2c(cnn2-c2cc3c(nc(N4CCC4)n3C)c(N3C[C@H]4C[C@@H]3CO4)n2)c(C)n1. The fourth-order valence-electron chi connectivity index (χ4n) is 6.16. The number of nitrogens with zero attached hydrogens (tertiary/aromatic N) is 9.